The second kappa shape index (κ2) is 3.28. The van der Waals surface area contributed by atoms with E-state index in [4.69, 9.17) is 0 Å². The molecule has 0 unspecified atom stereocenters. The third-order valence-corrected chi connectivity index (χ3v) is 1.72. The van der Waals surface area contributed by atoms with Gasteiger partial charge in [0.15, 0.2) is 0 Å². The second-order valence-electron chi connectivity index (χ2n) is 2.76. The SMILES string of the molecule is Cc1cc(C(F)(F)F)ccc1[N+](=O)[O-]. The summed E-state index contributed by atoms with van der Waals surface area (Å²) >= 11 is 0. The topological polar surface area (TPSA) is 43.1 Å². The zero-order valence-electron chi connectivity index (χ0n) is 7.13. The Bertz CT molecular complexity index is 373. The van der Waals surface area contributed by atoms with Gasteiger partial charge in [0.25, 0.3) is 5.69 Å². The predicted molar refractivity (Wildman–Crippen MR) is 42.8 cm³/mol. The Morgan fingerprint density at radius 1 is 1.36 bits per heavy atom. The lowest BCUT2D eigenvalue weighted by Crippen LogP contribution is -2.05. The fraction of sp³-hybridized carbons (Fsp3) is 0.250. The normalized spacial score (nSPS) is 11.4. The molecule has 3 nitrogen and oxygen atoms in total. The Hall–Kier alpha value is -1.59. The third-order valence-electron chi connectivity index (χ3n) is 1.72. The molecule has 0 spiro atoms. The maximum Gasteiger partial charge on any atom is 0.416 e. The summed E-state index contributed by atoms with van der Waals surface area (Å²) in [4.78, 5) is 9.59. The van der Waals surface area contributed by atoms with E-state index in [1.807, 2.05) is 0 Å². The van der Waals surface area contributed by atoms with Gasteiger partial charge in [-0.05, 0) is 19.1 Å². The first-order valence-electron chi connectivity index (χ1n) is 3.64. The van der Waals surface area contributed by atoms with Crippen molar-refractivity contribution in [2.45, 2.75) is 13.1 Å². The molecule has 6 heteroatoms. The third kappa shape index (κ3) is 2.01. The summed E-state index contributed by atoms with van der Waals surface area (Å²) in [5.41, 5.74) is -1.18. The summed E-state index contributed by atoms with van der Waals surface area (Å²) in [6.45, 7) is 1.27. The molecular formula is C8H6F3NO2. The Kier molecular flexibility index (Phi) is 2.46. The lowest BCUT2D eigenvalue weighted by molar-refractivity contribution is -0.385. The lowest BCUT2D eigenvalue weighted by atomic mass is 10.1. The maximum atomic E-state index is 12.1. The standard InChI is InChI=1S/C8H6F3NO2/c1-5-4-6(8(9,10)11)2-3-7(5)12(13)14/h2-4H,1H3. The molecule has 0 bridgehead atoms. The van der Waals surface area contributed by atoms with Gasteiger partial charge in [0.05, 0.1) is 10.5 Å². The number of nitro benzene ring substituents is 1. The average molecular weight is 205 g/mol. The van der Waals surface area contributed by atoms with Crippen molar-refractivity contribution in [1.82, 2.24) is 0 Å². The highest BCUT2D eigenvalue weighted by Crippen LogP contribution is 2.31. The van der Waals surface area contributed by atoms with Crippen LogP contribution in [0.15, 0.2) is 18.2 Å². The van der Waals surface area contributed by atoms with Crippen molar-refractivity contribution in [2.75, 3.05) is 0 Å². The Morgan fingerprint density at radius 3 is 2.29 bits per heavy atom. The molecule has 0 saturated heterocycles. The summed E-state index contributed by atoms with van der Waals surface area (Å²) in [6.07, 6.45) is -4.46. The van der Waals surface area contributed by atoms with Crippen LogP contribution in [-0.2, 0) is 6.18 Å². The summed E-state index contributed by atoms with van der Waals surface area (Å²) in [5, 5.41) is 10.3. The highest BCUT2D eigenvalue weighted by molar-refractivity contribution is 5.42. The average Bonchev–Trinajstić information content (AvgIpc) is 2.01. The van der Waals surface area contributed by atoms with E-state index in [1.54, 1.807) is 0 Å². The van der Waals surface area contributed by atoms with Crippen molar-refractivity contribution in [3.63, 3.8) is 0 Å². The monoisotopic (exact) mass is 205 g/mol. The molecular weight excluding hydrogens is 199 g/mol. The van der Waals surface area contributed by atoms with Gasteiger partial charge < -0.3 is 0 Å². The van der Waals surface area contributed by atoms with Gasteiger partial charge in [-0.15, -0.1) is 0 Å². The van der Waals surface area contributed by atoms with Crippen LogP contribution in [0.25, 0.3) is 0 Å². The lowest BCUT2D eigenvalue weighted by Gasteiger charge is -2.06. The van der Waals surface area contributed by atoms with E-state index >= 15 is 0 Å². The molecule has 1 rings (SSSR count). The van der Waals surface area contributed by atoms with Gasteiger partial charge in [-0.3, -0.25) is 10.1 Å². The molecule has 0 radical (unpaired) electrons. The van der Waals surface area contributed by atoms with Gasteiger partial charge in [0.2, 0.25) is 0 Å². The summed E-state index contributed by atoms with van der Waals surface area (Å²) < 4.78 is 36.4. The van der Waals surface area contributed by atoms with Crippen LogP contribution in [0.5, 0.6) is 0 Å². The van der Waals surface area contributed by atoms with Crippen molar-refractivity contribution < 1.29 is 18.1 Å². The minimum Gasteiger partial charge on any atom is -0.258 e. The number of rotatable bonds is 1. The van der Waals surface area contributed by atoms with Gasteiger partial charge in [0.1, 0.15) is 0 Å². The summed E-state index contributed by atoms with van der Waals surface area (Å²) in [7, 11) is 0. The van der Waals surface area contributed by atoms with Crippen molar-refractivity contribution >= 4 is 5.69 Å². The quantitative estimate of drug-likeness (QED) is 0.522. The van der Waals surface area contributed by atoms with Crippen LogP contribution in [0.4, 0.5) is 18.9 Å². The highest BCUT2D eigenvalue weighted by Gasteiger charge is 2.31. The first-order chi connectivity index (χ1) is 6.32. The number of halogens is 3. The molecule has 0 aliphatic rings. The summed E-state index contributed by atoms with van der Waals surface area (Å²) in [5.74, 6) is 0. The van der Waals surface area contributed by atoms with Crippen molar-refractivity contribution in [3.05, 3.63) is 39.4 Å². The minimum atomic E-state index is -4.46. The molecule has 0 aliphatic carbocycles. The van der Waals surface area contributed by atoms with Gasteiger partial charge in [-0.1, -0.05) is 0 Å². The van der Waals surface area contributed by atoms with E-state index in [9.17, 15) is 23.3 Å². The molecule has 0 aliphatic heterocycles. The van der Waals surface area contributed by atoms with Crippen LogP contribution < -0.4 is 0 Å². The smallest absolute Gasteiger partial charge is 0.258 e. The Labute approximate surface area is 77.3 Å². The van der Waals surface area contributed by atoms with Crippen molar-refractivity contribution in [3.8, 4) is 0 Å². The second-order valence-corrected chi connectivity index (χ2v) is 2.76. The van der Waals surface area contributed by atoms with Crippen LogP contribution in [-0.4, -0.2) is 4.92 Å². The molecule has 0 atom stereocenters. The first kappa shape index (κ1) is 10.5. The number of nitrogens with zero attached hydrogens (tertiary/aromatic N) is 1. The Morgan fingerprint density at radius 2 is 1.93 bits per heavy atom. The van der Waals surface area contributed by atoms with E-state index < -0.39 is 16.7 Å². The molecule has 76 valence electrons. The molecule has 0 saturated carbocycles. The van der Waals surface area contributed by atoms with Crippen LogP contribution in [0.2, 0.25) is 0 Å². The van der Waals surface area contributed by atoms with Crippen LogP contribution in [0.1, 0.15) is 11.1 Å². The molecule has 0 amide bonds. The van der Waals surface area contributed by atoms with Crippen LogP contribution >= 0.6 is 0 Å². The Balaban J connectivity index is 3.20. The van der Waals surface area contributed by atoms with Gasteiger partial charge in [-0.25, -0.2) is 0 Å². The predicted octanol–water partition coefficient (Wildman–Crippen LogP) is 2.92. The van der Waals surface area contributed by atoms with Gasteiger partial charge >= 0.3 is 6.18 Å². The van der Waals surface area contributed by atoms with E-state index in [-0.39, 0.29) is 11.3 Å². The van der Waals surface area contributed by atoms with E-state index in [0.717, 1.165) is 12.1 Å². The molecule has 0 heterocycles. The number of hydrogen-bond donors (Lipinski definition) is 0. The molecule has 0 aromatic heterocycles. The zero-order valence-corrected chi connectivity index (χ0v) is 7.13. The summed E-state index contributed by atoms with van der Waals surface area (Å²) in [6, 6.07) is 2.32. The van der Waals surface area contributed by atoms with E-state index in [2.05, 4.69) is 0 Å². The first-order valence-corrected chi connectivity index (χ1v) is 3.64. The van der Waals surface area contributed by atoms with Crippen molar-refractivity contribution in [1.29, 1.82) is 0 Å². The number of aryl methyl sites for hydroxylation is 1. The van der Waals surface area contributed by atoms with Crippen LogP contribution in [0.3, 0.4) is 0 Å². The largest absolute Gasteiger partial charge is 0.416 e. The molecule has 14 heavy (non-hydrogen) atoms. The van der Waals surface area contributed by atoms with E-state index in [1.165, 1.54) is 6.92 Å². The van der Waals surface area contributed by atoms with Gasteiger partial charge in [0, 0.05) is 11.6 Å². The van der Waals surface area contributed by atoms with Crippen molar-refractivity contribution in [2.24, 2.45) is 0 Å². The highest BCUT2D eigenvalue weighted by atomic mass is 19.4. The zero-order chi connectivity index (χ0) is 10.9. The fourth-order valence-electron chi connectivity index (χ4n) is 1.04. The van der Waals surface area contributed by atoms with E-state index in [0.29, 0.717) is 6.07 Å². The minimum absolute atomic E-state index is 0.00447. The number of hydrogen-bond acceptors (Lipinski definition) is 2. The molecule has 0 fully saturated rings. The fourth-order valence-corrected chi connectivity index (χ4v) is 1.04. The maximum absolute atomic E-state index is 12.1. The van der Waals surface area contributed by atoms with Gasteiger partial charge in [-0.2, -0.15) is 13.2 Å². The molecule has 0 N–H and O–H groups in total. The molecule has 1 aromatic carbocycles. The number of benzene rings is 1. The van der Waals surface area contributed by atoms with Crippen LogP contribution in [0, 0.1) is 17.0 Å². The number of alkyl halides is 3. The molecule has 1 aromatic rings. The number of nitro groups is 1.